The summed E-state index contributed by atoms with van der Waals surface area (Å²) in [6.07, 6.45) is 4.73. The fraction of sp³-hybridized carbons (Fsp3) is 0.591. The number of carbonyl (C=O) groups is 3. The number of hydrogen-bond donors (Lipinski definition) is 2. The van der Waals surface area contributed by atoms with Crippen molar-refractivity contribution in [2.45, 2.75) is 56.7 Å². The molecule has 1 aliphatic carbocycles. The summed E-state index contributed by atoms with van der Waals surface area (Å²) in [6.45, 7) is 2.02. The number of nitrogens with zero attached hydrogens (tertiary/aromatic N) is 2. The molecule has 3 aliphatic heterocycles. The van der Waals surface area contributed by atoms with Crippen LogP contribution in [0.15, 0.2) is 24.3 Å². The van der Waals surface area contributed by atoms with Crippen LogP contribution < -0.4 is 15.5 Å². The lowest BCUT2D eigenvalue weighted by Crippen LogP contribution is -2.58. The first-order valence-corrected chi connectivity index (χ1v) is 10.8. The molecule has 4 aliphatic rings. The maximum absolute atomic E-state index is 12.9. The van der Waals surface area contributed by atoms with Gasteiger partial charge in [0.05, 0.1) is 6.04 Å². The lowest BCUT2D eigenvalue weighted by Gasteiger charge is -2.37. The van der Waals surface area contributed by atoms with Gasteiger partial charge in [-0.3, -0.25) is 19.3 Å². The highest BCUT2D eigenvalue weighted by molar-refractivity contribution is 5.95. The van der Waals surface area contributed by atoms with Gasteiger partial charge in [0.25, 0.3) is 0 Å². The molecule has 0 spiro atoms. The predicted octanol–water partition coefficient (Wildman–Crippen LogP) is 0.823. The summed E-state index contributed by atoms with van der Waals surface area (Å²) in [6, 6.07) is 8.08. The summed E-state index contributed by atoms with van der Waals surface area (Å²) >= 11 is 0. The Hall–Kier alpha value is -2.41. The number of fused-ring (bicyclic) bond motifs is 2. The lowest BCUT2D eigenvalue weighted by atomic mass is 10.0. The van der Waals surface area contributed by atoms with Crippen molar-refractivity contribution in [3.05, 3.63) is 29.8 Å². The predicted molar refractivity (Wildman–Crippen MR) is 108 cm³/mol. The number of piperazine rings is 1. The maximum Gasteiger partial charge on any atom is 0.237 e. The largest absolute Gasteiger partial charge is 0.353 e. The fourth-order valence-electron chi connectivity index (χ4n) is 5.04. The Morgan fingerprint density at radius 2 is 2.03 bits per heavy atom. The van der Waals surface area contributed by atoms with Gasteiger partial charge in [0.15, 0.2) is 0 Å². The van der Waals surface area contributed by atoms with Crippen molar-refractivity contribution in [3.8, 4) is 0 Å². The molecule has 3 amide bonds. The minimum atomic E-state index is -0.194. The Bertz CT molecular complexity index is 837. The second-order valence-corrected chi connectivity index (χ2v) is 8.79. The number of para-hydroxylation sites is 1. The lowest BCUT2D eigenvalue weighted by molar-refractivity contribution is -0.129. The summed E-state index contributed by atoms with van der Waals surface area (Å²) in [5, 5.41) is 6.13. The average Bonchev–Trinajstić information content (AvgIpc) is 3.35. The maximum atomic E-state index is 12.9. The van der Waals surface area contributed by atoms with Crippen molar-refractivity contribution in [2.75, 3.05) is 24.5 Å². The van der Waals surface area contributed by atoms with Crippen molar-refractivity contribution in [1.82, 2.24) is 15.5 Å². The molecule has 154 valence electrons. The quantitative estimate of drug-likeness (QED) is 0.772. The molecule has 0 unspecified atom stereocenters. The Morgan fingerprint density at radius 1 is 1.21 bits per heavy atom. The highest BCUT2D eigenvalue weighted by atomic mass is 16.2. The summed E-state index contributed by atoms with van der Waals surface area (Å²) < 4.78 is 0. The zero-order valence-electron chi connectivity index (χ0n) is 16.6. The molecule has 29 heavy (non-hydrogen) atoms. The van der Waals surface area contributed by atoms with E-state index in [1.165, 1.54) is 5.56 Å². The minimum absolute atomic E-state index is 0.0283. The van der Waals surface area contributed by atoms with E-state index >= 15 is 0 Å². The van der Waals surface area contributed by atoms with Gasteiger partial charge in [0.2, 0.25) is 17.7 Å². The summed E-state index contributed by atoms with van der Waals surface area (Å²) in [4.78, 5) is 41.4. The molecular formula is C22H28N4O3. The zero-order chi connectivity index (χ0) is 20.0. The summed E-state index contributed by atoms with van der Waals surface area (Å²) in [7, 11) is 0. The molecule has 1 aromatic rings. The third-order valence-electron chi connectivity index (χ3n) is 6.80. The van der Waals surface area contributed by atoms with Crippen LogP contribution in [0.25, 0.3) is 0 Å². The standard InChI is InChI=1S/C22H28N4O3/c27-20(25-10-9-14-3-1-2-4-18(14)25)8-7-17-12-23-22(29)19-11-16(13-26(17)19)24-21(28)15-5-6-15/h1-4,15-17,19H,5-13H2,(H,23,29)(H,24,28)/t16-,17+,19-/m0/s1. The molecule has 0 bridgehead atoms. The van der Waals surface area contributed by atoms with E-state index in [0.29, 0.717) is 25.9 Å². The van der Waals surface area contributed by atoms with Gasteiger partial charge in [-0.25, -0.2) is 0 Å². The number of rotatable bonds is 5. The van der Waals surface area contributed by atoms with Crippen LogP contribution in [0.1, 0.15) is 37.7 Å². The number of carbonyl (C=O) groups excluding carboxylic acids is 3. The van der Waals surface area contributed by atoms with Gasteiger partial charge >= 0.3 is 0 Å². The van der Waals surface area contributed by atoms with Gasteiger partial charge < -0.3 is 15.5 Å². The first-order chi connectivity index (χ1) is 14.1. The van der Waals surface area contributed by atoms with Crippen LogP contribution in [-0.4, -0.2) is 60.4 Å². The van der Waals surface area contributed by atoms with Crippen LogP contribution in [0, 0.1) is 5.92 Å². The van der Waals surface area contributed by atoms with Gasteiger partial charge in [-0.2, -0.15) is 0 Å². The Labute approximate surface area is 170 Å². The SMILES string of the molecule is O=C(N[C@H]1C[C@H]2C(=O)NC[C@@H](CCC(=O)N3CCc4ccccc43)N2C1)C1CC1. The van der Waals surface area contributed by atoms with Crippen molar-refractivity contribution in [2.24, 2.45) is 5.92 Å². The Morgan fingerprint density at radius 3 is 2.86 bits per heavy atom. The number of hydrogen-bond acceptors (Lipinski definition) is 4. The molecular weight excluding hydrogens is 368 g/mol. The van der Waals surface area contributed by atoms with E-state index in [-0.39, 0.29) is 41.8 Å². The molecule has 0 radical (unpaired) electrons. The summed E-state index contributed by atoms with van der Waals surface area (Å²) in [5.41, 5.74) is 2.27. The fourth-order valence-corrected chi connectivity index (χ4v) is 5.04. The first kappa shape index (κ1) is 18.6. The van der Waals surface area contributed by atoms with Crippen LogP contribution in [0.2, 0.25) is 0 Å². The van der Waals surface area contributed by atoms with Crippen molar-refractivity contribution >= 4 is 23.4 Å². The molecule has 3 atom stereocenters. The molecule has 3 fully saturated rings. The van der Waals surface area contributed by atoms with Crippen LogP contribution in [0.5, 0.6) is 0 Å². The second kappa shape index (κ2) is 7.44. The molecule has 2 saturated heterocycles. The zero-order valence-corrected chi connectivity index (χ0v) is 16.6. The van der Waals surface area contributed by atoms with Gasteiger partial charge in [0, 0.05) is 49.7 Å². The summed E-state index contributed by atoms with van der Waals surface area (Å²) in [5.74, 6) is 0.512. The normalized spacial score (nSPS) is 28.6. The second-order valence-electron chi connectivity index (χ2n) is 8.79. The third-order valence-corrected chi connectivity index (χ3v) is 6.80. The topological polar surface area (TPSA) is 81.8 Å². The monoisotopic (exact) mass is 396 g/mol. The van der Waals surface area contributed by atoms with E-state index in [0.717, 1.165) is 37.9 Å². The van der Waals surface area contributed by atoms with Gasteiger partial charge in [-0.05, 0) is 43.7 Å². The van der Waals surface area contributed by atoms with E-state index in [4.69, 9.17) is 0 Å². The highest BCUT2D eigenvalue weighted by Gasteiger charge is 2.44. The van der Waals surface area contributed by atoms with E-state index in [9.17, 15) is 14.4 Å². The minimum Gasteiger partial charge on any atom is -0.353 e. The van der Waals surface area contributed by atoms with Gasteiger partial charge in [-0.15, -0.1) is 0 Å². The molecule has 2 N–H and O–H groups in total. The number of benzene rings is 1. The van der Waals surface area contributed by atoms with E-state index < -0.39 is 0 Å². The number of anilines is 1. The molecule has 1 saturated carbocycles. The van der Waals surface area contributed by atoms with Gasteiger partial charge in [-0.1, -0.05) is 18.2 Å². The van der Waals surface area contributed by atoms with E-state index in [1.54, 1.807) is 0 Å². The smallest absolute Gasteiger partial charge is 0.237 e. The van der Waals surface area contributed by atoms with Crippen molar-refractivity contribution in [1.29, 1.82) is 0 Å². The molecule has 3 heterocycles. The first-order valence-electron chi connectivity index (χ1n) is 10.8. The van der Waals surface area contributed by atoms with Crippen molar-refractivity contribution in [3.63, 3.8) is 0 Å². The Kier molecular flexibility index (Phi) is 4.78. The number of amides is 3. The molecule has 0 aromatic heterocycles. The molecule has 7 heteroatoms. The van der Waals surface area contributed by atoms with Crippen LogP contribution >= 0.6 is 0 Å². The third kappa shape index (κ3) is 3.64. The Balaban J connectivity index is 1.19. The highest BCUT2D eigenvalue weighted by Crippen LogP contribution is 2.32. The molecule has 7 nitrogen and oxygen atoms in total. The van der Waals surface area contributed by atoms with Crippen LogP contribution in [-0.2, 0) is 20.8 Å². The van der Waals surface area contributed by atoms with E-state index in [2.05, 4.69) is 21.6 Å². The van der Waals surface area contributed by atoms with Crippen molar-refractivity contribution < 1.29 is 14.4 Å². The number of nitrogens with one attached hydrogen (secondary N) is 2. The van der Waals surface area contributed by atoms with Crippen LogP contribution in [0.3, 0.4) is 0 Å². The van der Waals surface area contributed by atoms with Crippen LogP contribution in [0.4, 0.5) is 5.69 Å². The van der Waals surface area contributed by atoms with Gasteiger partial charge in [0.1, 0.15) is 0 Å². The van der Waals surface area contributed by atoms with E-state index in [1.807, 2.05) is 23.1 Å². The molecule has 1 aromatic carbocycles. The average molecular weight is 396 g/mol. The molecule has 5 rings (SSSR count).